The van der Waals surface area contributed by atoms with Gasteiger partial charge in [-0.1, -0.05) is 42.5 Å². The lowest BCUT2D eigenvalue weighted by atomic mass is 9.57. The molecule has 11 nitrogen and oxygen atoms in total. The highest BCUT2D eigenvalue weighted by atomic mass is 16.5. The largest absolute Gasteiger partial charge is 0.507 e. The minimum Gasteiger partial charge on any atom is -0.507 e. The highest BCUT2D eigenvalue weighted by Gasteiger charge is 2.65. The Balaban J connectivity index is 1.23. The Morgan fingerprint density at radius 1 is 1.00 bits per heavy atom. The van der Waals surface area contributed by atoms with Gasteiger partial charge in [0.1, 0.15) is 29.4 Å². The molecule has 0 bridgehead atoms. The highest BCUT2D eigenvalue weighted by Crippen LogP contribution is 2.57. The fourth-order valence-corrected chi connectivity index (χ4v) is 8.66. The number of ketones is 2. The normalized spacial score (nSPS) is 25.0. The van der Waals surface area contributed by atoms with Crippen molar-refractivity contribution >= 4 is 28.1 Å². The van der Waals surface area contributed by atoms with Crippen LogP contribution in [0.1, 0.15) is 63.7 Å². The first kappa shape index (κ1) is 31.6. The summed E-state index contributed by atoms with van der Waals surface area (Å²) in [5.74, 6) is -3.25. The third-order valence-corrected chi connectivity index (χ3v) is 10.9. The number of aliphatic hydroxyl groups excluding tert-OH is 1. The van der Waals surface area contributed by atoms with E-state index in [4.69, 9.17) is 14.0 Å². The average molecular weight is 666 g/mol. The van der Waals surface area contributed by atoms with Crippen molar-refractivity contribution in [2.75, 3.05) is 34.3 Å². The van der Waals surface area contributed by atoms with Crippen LogP contribution in [0, 0.1) is 11.8 Å². The molecule has 4 aliphatic rings. The fourth-order valence-electron chi connectivity index (χ4n) is 8.66. The third-order valence-electron chi connectivity index (χ3n) is 10.9. The lowest BCUT2D eigenvalue weighted by molar-refractivity contribution is -0.142. The van der Waals surface area contributed by atoms with Crippen molar-refractivity contribution in [2.45, 2.75) is 50.5 Å². The summed E-state index contributed by atoms with van der Waals surface area (Å²) in [7, 11) is 5.12. The molecule has 0 amide bonds. The molecule has 1 saturated heterocycles. The van der Waals surface area contributed by atoms with Gasteiger partial charge in [0, 0.05) is 34.4 Å². The van der Waals surface area contributed by atoms with Crippen LogP contribution in [0.5, 0.6) is 17.4 Å². The Hall–Kier alpha value is -4.71. The average Bonchev–Trinajstić information content (AvgIpc) is 3.76. The van der Waals surface area contributed by atoms with E-state index < -0.39 is 40.8 Å². The van der Waals surface area contributed by atoms with Crippen LogP contribution in [0.25, 0.3) is 16.5 Å². The van der Waals surface area contributed by atoms with Crippen molar-refractivity contribution in [2.24, 2.45) is 11.8 Å². The summed E-state index contributed by atoms with van der Waals surface area (Å²) in [6.07, 6.45) is 2.73. The van der Waals surface area contributed by atoms with Gasteiger partial charge in [-0.15, -0.1) is 0 Å². The van der Waals surface area contributed by atoms with Crippen LogP contribution < -0.4 is 9.47 Å². The minimum absolute atomic E-state index is 0.0753. The number of aromatic hydroxyl groups is 1. The SMILES string of the molecule is COc1c2c(c(O)c3cc(CN4CCCC4)ccc13)C(O)=C1C(=O)[C@]3(O)C(=O)c4c(OCc5ccccc5)noc4[C@@H](N(C)C)[C@@H]3C[C@@H]1C2. The van der Waals surface area contributed by atoms with E-state index in [1.54, 1.807) is 26.1 Å². The van der Waals surface area contributed by atoms with Crippen molar-refractivity contribution in [3.8, 4) is 17.4 Å². The number of carbonyl (C=O) groups is 2. The Labute approximate surface area is 283 Å². The number of rotatable bonds is 7. The molecule has 11 heteroatoms. The monoisotopic (exact) mass is 665 g/mol. The predicted octanol–water partition coefficient (Wildman–Crippen LogP) is 4.98. The van der Waals surface area contributed by atoms with E-state index >= 15 is 0 Å². The van der Waals surface area contributed by atoms with E-state index in [2.05, 4.69) is 10.1 Å². The molecule has 49 heavy (non-hydrogen) atoms. The zero-order chi connectivity index (χ0) is 34.2. The number of ether oxygens (including phenoxy) is 2. The summed E-state index contributed by atoms with van der Waals surface area (Å²) >= 11 is 0. The molecule has 2 heterocycles. The molecule has 3 aromatic carbocycles. The lowest BCUT2D eigenvalue weighted by Gasteiger charge is -2.49. The molecule has 4 aromatic rings. The number of likely N-dealkylation sites (tertiary alicyclic amines) is 1. The number of aromatic nitrogens is 1. The van der Waals surface area contributed by atoms with E-state index in [0.29, 0.717) is 22.1 Å². The van der Waals surface area contributed by atoms with Gasteiger partial charge >= 0.3 is 0 Å². The van der Waals surface area contributed by atoms with Gasteiger partial charge in [0.2, 0.25) is 11.6 Å². The maximum atomic E-state index is 14.6. The molecular formula is C38H39N3O8. The lowest BCUT2D eigenvalue weighted by Crippen LogP contribution is -2.63. The molecule has 1 aromatic heterocycles. The van der Waals surface area contributed by atoms with E-state index in [1.807, 2.05) is 48.5 Å². The van der Waals surface area contributed by atoms with Gasteiger partial charge in [0.15, 0.2) is 11.4 Å². The molecule has 0 radical (unpaired) electrons. The van der Waals surface area contributed by atoms with Gasteiger partial charge < -0.3 is 29.3 Å². The predicted molar refractivity (Wildman–Crippen MR) is 180 cm³/mol. The summed E-state index contributed by atoms with van der Waals surface area (Å²) in [6.45, 7) is 2.85. The number of carbonyl (C=O) groups excluding carboxylic acids is 2. The van der Waals surface area contributed by atoms with E-state index in [0.717, 1.165) is 43.6 Å². The van der Waals surface area contributed by atoms with Crippen molar-refractivity contribution in [1.82, 2.24) is 15.0 Å². The van der Waals surface area contributed by atoms with Crippen LogP contribution in [0.3, 0.4) is 0 Å². The van der Waals surface area contributed by atoms with Crippen molar-refractivity contribution in [3.63, 3.8) is 0 Å². The van der Waals surface area contributed by atoms with Crippen LogP contribution in [0.4, 0.5) is 0 Å². The van der Waals surface area contributed by atoms with Crippen LogP contribution in [-0.4, -0.2) is 81.7 Å². The Morgan fingerprint density at radius 3 is 2.47 bits per heavy atom. The van der Waals surface area contributed by atoms with Gasteiger partial charge in [-0.05, 0) is 81.1 Å². The molecule has 1 saturated carbocycles. The number of hydrogen-bond acceptors (Lipinski definition) is 11. The molecule has 4 atom stereocenters. The summed E-state index contributed by atoms with van der Waals surface area (Å²) in [5, 5.41) is 41.3. The van der Waals surface area contributed by atoms with E-state index in [1.165, 1.54) is 0 Å². The molecular weight excluding hydrogens is 626 g/mol. The number of aliphatic hydroxyl groups is 2. The molecule has 1 aliphatic heterocycles. The number of phenolic OH excluding ortho intramolecular Hbond substituents is 1. The second-order valence-corrected chi connectivity index (χ2v) is 13.9. The van der Waals surface area contributed by atoms with Gasteiger partial charge in [0.25, 0.3) is 5.88 Å². The van der Waals surface area contributed by atoms with Crippen molar-refractivity contribution in [1.29, 1.82) is 0 Å². The number of Topliss-reactive ketones (excluding diaryl/α,β-unsaturated/α-hetero) is 2. The Morgan fingerprint density at radius 2 is 1.76 bits per heavy atom. The summed E-state index contributed by atoms with van der Waals surface area (Å²) in [5.41, 5.74) is -0.183. The van der Waals surface area contributed by atoms with E-state index in [-0.39, 0.29) is 53.5 Å². The smallest absolute Gasteiger partial charge is 0.265 e. The molecule has 2 fully saturated rings. The second-order valence-electron chi connectivity index (χ2n) is 13.9. The Kier molecular flexibility index (Phi) is 7.54. The maximum Gasteiger partial charge on any atom is 0.265 e. The number of methoxy groups -OCH3 is 1. The highest BCUT2D eigenvalue weighted by molar-refractivity contribution is 6.26. The Bertz CT molecular complexity index is 2030. The number of fused-ring (bicyclic) bond motifs is 5. The molecule has 3 N–H and O–H groups in total. The van der Waals surface area contributed by atoms with Crippen LogP contribution >= 0.6 is 0 Å². The minimum atomic E-state index is -2.53. The molecule has 8 rings (SSSR count). The molecule has 0 spiro atoms. The van der Waals surface area contributed by atoms with Gasteiger partial charge in [0.05, 0.1) is 18.7 Å². The first-order chi connectivity index (χ1) is 23.6. The standard InChI is InChI=1S/C38H39N3O8/c1-40(2)30-26-17-22-16-25-28(31(42)24-15-21(18-41-13-7-8-14-41)11-12-23(24)33(25)47-3)32(43)27(22)35(44)38(26,46)36(45)29-34(30)49-39-37(29)48-19-20-9-5-4-6-10-20/h4-6,9-12,15,22,26,30,42-43,46H,7-8,13-14,16-19H2,1-3H3/t22-,26-,30-,38-/m0/s1. The van der Waals surface area contributed by atoms with Crippen LogP contribution in [-0.2, 0) is 24.4 Å². The summed E-state index contributed by atoms with van der Waals surface area (Å²) in [4.78, 5) is 33.1. The zero-order valence-corrected chi connectivity index (χ0v) is 27.7. The summed E-state index contributed by atoms with van der Waals surface area (Å²) < 4.78 is 17.6. The number of nitrogens with zero attached hydrogens (tertiary/aromatic N) is 3. The van der Waals surface area contributed by atoms with E-state index in [9.17, 15) is 24.9 Å². The second kappa shape index (κ2) is 11.7. The number of phenols is 1. The number of hydrogen-bond donors (Lipinski definition) is 3. The first-order valence-corrected chi connectivity index (χ1v) is 16.8. The van der Waals surface area contributed by atoms with Gasteiger partial charge in [-0.3, -0.25) is 19.4 Å². The van der Waals surface area contributed by atoms with Gasteiger partial charge in [-0.2, -0.15) is 0 Å². The maximum absolute atomic E-state index is 14.6. The molecule has 254 valence electrons. The quantitative estimate of drug-likeness (QED) is 0.230. The summed E-state index contributed by atoms with van der Waals surface area (Å²) in [6, 6.07) is 14.5. The van der Waals surface area contributed by atoms with Crippen molar-refractivity contribution < 1.29 is 38.9 Å². The zero-order valence-electron chi connectivity index (χ0n) is 27.7. The van der Waals surface area contributed by atoms with Crippen LogP contribution in [0.2, 0.25) is 0 Å². The number of benzene rings is 3. The topological polar surface area (TPSA) is 146 Å². The third kappa shape index (κ3) is 4.70. The first-order valence-electron chi connectivity index (χ1n) is 16.8. The fraction of sp³-hybridized carbons (Fsp3) is 0.395. The van der Waals surface area contributed by atoms with Crippen LogP contribution in [0.15, 0.2) is 58.6 Å². The van der Waals surface area contributed by atoms with Gasteiger partial charge in [-0.25, -0.2) is 0 Å². The molecule has 3 aliphatic carbocycles. The molecule has 0 unspecified atom stereocenters. The van der Waals surface area contributed by atoms with Crippen molar-refractivity contribution in [3.05, 3.63) is 87.7 Å².